The van der Waals surface area contributed by atoms with Gasteiger partial charge in [-0.3, -0.25) is 0 Å². The molecule has 0 amide bonds. The number of nitrogens with zero attached hydrogens (tertiary/aromatic N) is 2. The van der Waals surface area contributed by atoms with Crippen LogP contribution in [0.1, 0.15) is 31.7 Å². The highest BCUT2D eigenvalue weighted by Gasteiger charge is 2.13. The van der Waals surface area contributed by atoms with Crippen LogP contribution in [0, 0.1) is 6.92 Å². The van der Waals surface area contributed by atoms with Gasteiger partial charge in [0.15, 0.2) is 0 Å². The number of hydrogen-bond donors (Lipinski definition) is 4. The molecule has 0 saturated heterocycles. The van der Waals surface area contributed by atoms with Crippen molar-refractivity contribution in [3.05, 3.63) is 11.4 Å². The molecule has 1 rings (SSSR count). The van der Waals surface area contributed by atoms with Crippen molar-refractivity contribution in [2.75, 3.05) is 30.4 Å². The molecule has 6 nitrogen and oxygen atoms in total. The summed E-state index contributed by atoms with van der Waals surface area (Å²) in [4.78, 5) is 8.87. The summed E-state index contributed by atoms with van der Waals surface area (Å²) < 4.78 is 0. The minimum Gasteiger partial charge on any atom is -0.394 e. The molecule has 19 heavy (non-hydrogen) atoms. The first-order chi connectivity index (χ1) is 9.15. The first-order valence-electron chi connectivity index (χ1n) is 6.75. The zero-order valence-corrected chi connectivity index (χ0v) is 11.9. The maximum atomic E-state index is 9.13. The number of hydrogen-bond acceptors (Lipinski definition) is 6. The van der Waals surface area contributed by atoms with Crippen molar-refractivity contribution < 1.29 is 10.2 Å². The molecule has 0 saturated carbocycles. The van der Waals surface area contributed by atoms with Crippen LogP contribution in [0.2, 0.25) is 0 Å². The predicted octanol–water partition coefficient (Wildman–Crippen LogP) is 0.934. The molecular weight excluding hydrogens is 244 g/mol. The van der Waals surface area contributed by atoms with Crippen molar-refractivity contribution in [3.63, 3.8) is 0 Å². The highest BCUT2D eigenvalue weighted by Crippen LogP contribution is 2.20. The molecule has 0 aliphatic rings. The largest absolute Gasteiger partial charge is 0.394 e. The molecule has 0 radical (unpaired) electrons. The van der Waals surface area contributed by atoms with Gasteiger partial charge >= 0.3 is 0 Å². The van der Waals surface area contributed by atoms with Crippen LogP contribution in [0.4, 0.5) is 11.6 Å². The van der Waals surface area contributed by atoms with Gasteiger partial charge in [0.05, 0.1) is 19.3 Å². The van der Waals surface area contributed by atoms with E-state index in [0.717, 1.165) is 36.6 Å². The van der Waals surface area contributed by atoms with E-state index >= 15 is 0 Å². The molecule has 0 unspecified atom stereocenters. The second kappa shape index (κ2) is 7.91. The summed E-state index contributed by atoms with van der Waals surface area (Å²) in [6.45, 7) is 6.58. The van der Waals surface area contributed by atoms with Gasteiger partial charge in [-0.05, 0) is 13.3 Å². The lowest BCUT2D eigenvalue weighted by Gasteiger charge is -2.18. The number of aryl methyl sites for hydroxylation is 1. The molecule has 0 bridgehead atoms. The lowest BCUT2D eigenvalue weighted by atomic mass is 10.2. The highest BCUT2D eigenvalue weighted by molar-refractivity contribution is 5.57. The number of anilines is 2. The molecule has 0 atom stereocenters. The summed E-state index contributed by atoms with van der Waals surface area (Å²) in [5.41, 5.74) is 0.901. The monoisotopic (exact) mass is 268 g/mol. The standard InChI is InChI=1S/C13H24N4O2/c1-4-6-14-12-9(3)13(15-10(7-18)8-19)17-11(5-2)16-12/h10,18-19H,4-8H2,1-3H3,(H2,14,15,16,17). The first kappa shape index (κ1) is 15.7. The Kier molecular flexibility index (Phi) is 6.52. The van der Waals surface area contributed by atoms with Gasteiger partial charge in [0.2, 0.25) is 0 Å². The average Bonchev–Trinajstić information content (AvgIpc) is 2.44. The number of aliphatic hydroxyl groups excluding tert-OH is 2. The van der Waals surface area contributed by atoms with E-state index < -0.39 is 6.04 Å². The third kappa shape index (κ3) is 4.33. The van der Waals surface area contributed by atoms with Gasteiger partial charge in [-0.2, -0.15) is 0 Å². The van der Waals surface area contributed by atoms with Crippen molar-refractivity contribution >= 4 is 11.6 Å². The number of rotatable bonds is 8. The maximum absolute atomic E-state index is 9.13. The van der Waals surface area contributed by atoms with Crippen LogP contribution in [-0.2, 0) is 6.42 Å². The van der Waals surface area contributed by atoms with Gasteiger partial charge in [-0.25, -0.2) is 9.97 Å². The summed E-state index contributed by atoms with van der Waals surface area (Å²) in [5, 5.41) is 24.6. The van der Waals surface area contributed by atoms with Crippen LogP contribution in [0.5, 0.6) is 0 Å². The molecule has 0 aliphatic heterocycles. The third-order valence-corrected chi connectivity index (χ3v) is 2.83. The first-order valence-corrected chi connectivity index (χ1v) is 6.75. The third-order valence-electron chi connectivity index (χ3n) is 2.83. The van der Waals surface area contributed by atoms with E-state index in [-0.39, 0.29) is 13.2 Å². The topological polar surface area (TPSA) is 90.3 Å². The molecule has 0 aliphatic carbocycles. The Labute approximate surface area is 114 Å². The molecular formula is C13H24N4O2. The summed E-state index contributed by atoms with van der Waals surface area (Å²) in [6, 6.07) is -0.405. The SMILES string of the molecule is CCCNc1nc(CC)nc(NC(CO)CO)c1C. The minimum atomic E-state index is -0.405. The van der Waals surface area contributed by atoms with Crippen molar-refractivity contribution in [1.29, 1.82) is 0 Å². The zero-order valence-electron chi connectivity index (χ0n) is 11.9. The Morgan fingerprint density at radius 1 is 1.11 bits per heavy atom. The smallest absolute Gasteiger partial charge is 0.135 e. The number of aliphatic hydroxyl groups is 2. The average molecular weight is 268 g/mol. The van der Waals surface area contributed by atoms with Gasteiger partial charge in [0, 0.05) is 18.5 Å². The Morgan fingerprint density at radius 3 is 2.26 bits per heavy atom. The molecule has 4 N–H and O–H groups in total. The molecule has 0 aromatic carbocycles. The summed E-state index contributed by atoms with van der Waals surface area (Å²) in [7, 11) is 0. The Bertz CT molecular complexity index is 394. The summed E-state index contributed by atoms with van der Waals surface area (Å²) in [5.74, 6) is 2.21. The second-order valence-electron chi connectivity index (χ2n) is 4.45. The molecule has 1 heterocycles. The van der Waals surface area contributed by atoms with E-state index in [4.69, 9.17) is 10.2 Å². The van der Waals surface area contributed by atoms with E-state index in [9.17, 15) is 0 Å². The highest BCUT2D eigenvalue weighted by atomic mass is 16.3. The molecule has 0 spiro atoms. The van der Waals surface area contributed by atoms with E-state index in [1.54, 1.807) is 0 Å². The number of nitrogens with one attached hydrogen (secondary N) is 2. The van der Waals surface area contributed by atoms with Crippen molar-refractivity contribution in [2.45, 2.75) is 39.7 Å². The van der Waals surface area contributed by atoms with Crippen molar-refractivity contribution in [2.24, 2.45) is 0 Å². The molecule has 1 aromatic heterocycles. The quantitative estimate of drug-likeness (QED) is 0.561. The second-order valence-corrected chi connectivity index (χ2v) is 4.45. The van der Waals surface area contributed by atoms with E-state index in [1.807, 2.05) is 13.8 Å². The predicted molar refractivity (Wildman–Crippen MR) is 76.5 cm³/mol. The van der Waals surface area contributed by atoms with Crippen LogP contribution in [0.25, 0.3) is 0 Å². The fourth-order valence-corrected chi connectivity index (χ4v) is 1.62. The molecule has 0 fully saturated rings. The number of aromatic nitrogens is 2. The molecule has 108 valence electrons. The summed E-state index contributed by atoms with van der Waals surface area (Å²) in [6.07, 6.45) is 1.75. The van der Waals surface area contributed by atoms with Crippen molar-refractivity contribution in [3.8, 4) is 0 Å². The Balaban J connectivity index is 3.00. The van der Waals surface area contributed by atoms with Gasteiger partial charge < -0.3 is 20.8 Å². The lowest BCUT2D eigenvalue weighted by molar-refractivity contribution is 0.203. The van der Waals surface area contributed by atoms with Crippen LogP contribution in [0.15, 0.2) is 0 Å². The van der Waals surface area contributed by atoms with Crippen LogP contribution in [0.3, 0.4) is 0 Å². The maximum Gasteiger partial charge on any atom is 0.135 e. The Morgan fingerprint density at radius 2 is 1.74 bits per heavy atom. The Hall–Kier alpha value is -1.40. The van der Waals surface area contributed by atoms with Gasteiger partial charge in [0.1, 0.15) is 17.5 Å². The van der Waals surface area contributed by atoms with Gasteiger partial charge in [-0.1, -0.05) is 13.8 Å². The lowest BCUT2D eigenvalue weighted by Crippen LogP contribution is -2.29. The van der Waals surface area contributed by atoms with E-state index in [0.29, 0.717) is 5.82 Å². The molecule has 6 heteroatoms. The summed E-state index contributed by atoms with van der Waals surface area (Å²) >= 11 is 0. The van der Waals surface area contributed by atoms with Crippen LogP contribution < -0.4 is 10.6 Å². The fraction of sp³-hybridized carbons (Fsp3) is 0.692. The molecule has 1 aromatic rings. The van der Waals surface area contributed by atoms with E-state index in [2.05, 4.69) is 27.5 Å². The minimum absolute atomic E-state index is 0.140. The van der Waals surface area contributed by atoms with Crippen LogP contribution >= 0.6 is 0 Å². The fourth-order valence-electron chi connectivity index (χ4n) is 1.62. The van der Waals surface area contributed by atoms with Gasteiger partial charge in [0.25, 0.3) is 0 Å². The van der Waals surface area contributed by atoms with E-state index in [1.165, 1.54) is 0 Å². The zero-order chi connectivity index (χ0) is 14.3. The van der Waals surface area contributed by atoms with Crippen LogP contribution in [-0.4, -0.2) is 46.0 Å². The van der Waals surface area contributed by atoms with Gasteiger partial charge in [-0.15, -0.1) is 0 Å². The normalized spacial score (nSPS) is 10.8. The van der Waals surface area contributed by atoms with Crippen molar-refractivity contribution in [1.82, 2.24) is 9.97 Å².